The Morgan fingerprint density at radius 2 is 1.86 bits per heavy atom. The molecule has 0 amide bonds. The third kappa shape index (κ3) is 7.17. The Balaban J connectivity index is 4.14. The summed E-state index contributed by atoms with van der Waals surface area (Å²) in [5.74, 6) is 2.65. The first-order valence-corrected chi connectivity index (χ1v) is 8.39. The molecule has 0 bridgehead atoms. The molecule has 0 aliphatic carbocycles. The second-order valence-corrected chi connectivity index (χ2v) is 9.94. The summed E-state index contributed by atoms with van der Waals surface area (Å²) in [6, 6.07) is 1.18. The van der Waals surface area contributed by atoms with E-state index in [1.54, 1.807) is 0 Å². The molecule has 0 aliphatic rings. The highest BCUT2D eigenvalue weighted by Crippen LogP contribution is 2.29. The number of terminal acetylenes is 1. The molecule has 1 atom stereocenters. The van der Waals surface area contributed by atoms with Crippen molar-refractivity contribution in [3.63, 3.8) is 0 Å². The molecule has 0 rings (SSSR count). The Bertz CT molecular complexity index is 207. The van der Waals surface area contributed by atoms with Crippen LogP contribution in [0.4, 0.5) is 0 Å². The quantitative estimate of drug-likeness (QED) is 0.510. The molecule has 2 heteroatoms. The largest absolute Gasteiger partial charge is 0.414 e. The lowest BCUT2D eigenvalue weighted by Gasteiger charge is -2.32. The molecule has 0 N–H and O–H groups in total. The van der Waals surface area contributed by atoms with Gasteiger partial charge in [-0.25, -0.2) is 0 Å². The maximum atomic E-state index is 6.05. The molecule has 0 heterocycles. The Morgan fingerprint density at radius 3 is 2.21 bits per heavy atom. The van der Waals surface area contributed by atoms with Crippen molar-refractivity contribution in [1.29, 1.82) is 0 Å². The minimum Gasteiger partial charge on any atom is -0.414 e. The minimum absolute atomic E-state index is 0.212. The molecule has 0 aromatic carbocycles. The van der Waals surface area contributed by atoms with E-state index in [-0.39, 0.29) is 6.10 Å². The third-order valence-electron chi connectivity index (χ3n) is 1.88. The predicted molar refractivity (Wildman–Crippen MR) is 65.7 cm³/mol. The average molecular weight is 212 g/mol. The lowest BCUT2D eigenvalue weighted by Crippen LogP contribution is -2.37. The van der Waals surface area contributed by atoms with Crippen molar-refractivity contribution in [2.75, 3.05) is 0 Å². The zero-order valence-electron chi connectivity index (χ0n) is 10.5. The van der Waals surface area contributed by atoms with Gasteiger partial charge in [0.1, 0.15) is 0 Å². The van der Waals surface area contributed by atoms with E-state index < -0.39 is 8.32 Å². The molecule has 1 unspecified atom stereocenters. The highest BCUT2D eigenvalue weighted by Gasteiger charge is 2.30. The molecule has 0 radical (unpaired) electrons. The van der Waals surface area contributed by atoms with Crippen LogP contribution in [0.2, 0.25) is 19.1 Å². The lowest BCUT2D eigenvalue weighted by atomic mass is 10.0. The SMILES string of the molecule is C#CCC(C)O[Si](C)(C)CC(C)(C)C. The molecule has 1 nitrogen and oxygen atoms in total. The van der Waals surface area contributed by atoms with Crippen LogP contribution < -0.4 is 0 Å². The van der Waals surface area contributed by atoms with Crippen molar-refractivity contribution in [3.05, 3.63) is 0 Å². The second kappa shape index (κ2) is 5.00. The van der Waals surface area contributed by atoms with Gasteiger partial charge in [-0.2, -0.15) is 0 Å². The van der Waals surface area contributed by atoms with E-state index in [4.69, 9.17) is 10.8 Å². The van der Waals surface area contributed by atoms with E-state index in [2.05, 4.69) is 46.7 Å². The Labute approximate surface area is 90.4 Å². The van der Waals surface area contributed by atoms with Gasteiger partial charge >= 0.3 is 0 Å². The molecule has 0 spiro atoms. The van der Waals surface area contributed by atoms with Crippen molar-refractivity contribution < 1.29 is 4.43 Å². The van der Waals surface area contributed by atoms with Gasteiger partial charge in [-0.3, -0.25) is 0 Å². The van der Waals surface area contributed by atoms with Crippen molar-refractivity contribution >= 4 is 8.32 Å². The first kappa shape index (κ1) is 13.7. The fourth-order valence-electron chi connectivity index (χ4n) is 2.07. The standard InChI is InChI=1S/C12H24OSi/c1-8-9-11(2)13-14(6,7)10-12(3,4)5/h1,11H,9-10H2,2-7H3. The smallest absolute Gasteiger partial charge is 0.187 e. The van der Waals surface area contributed by atoms with Gasteiger partial charge in [0, 0.05) is 6.42 Å². The maximum Gasteiger partial charge on any atom is 0.187 e. The van der Waals surface area contributed by atoms with Gasteiger partial charge in [0.25, 0.3) is 0 Å². The van der Waals surface area contributed by atoms with Gasteiger partial charge in [0.2, 0.25) is 0 Å². The van der Waals surface area contributed by atoms with Gasteiger partial charge < -0.3 is 4.43 Å². The predicted octanol–water partition coefficient (Wildman–Crippen LogP) is 3.67. The molecule has 0 aliphatic heterocycles. The number of rotatable bonds is 4. The number of hydrogen-bond acceptors (Lipinski definition) is 1. The Morgan fingerprint density at radius 1 is 1.36 bits per heavy atom. The topological polar surface area (TPSA) is 9.23 Å². The molecule has 0 saturated carbocycles. The summed E-state index contributed by atoms with van der Waals surface area (Å²) in [5.41, 5.74) is 0.353. The minimum atomic E-state index is -1.53. The van der Waals surface area contributed by atoms with E-state index in [0.29, 0.717) is 5.41 Å². The lowest BCUT2D eigenvalue weighted by molar-refractivity contribution is 0.209. The summed E-state index contributed by atoms with van der Waals surface area (Å²) >= 11 is 0. The van der Waals surface area contributed by atoms with Gasteiger partial charge in [-0.15, -0.1) is 12.3 Å². The summed E-state index contributed by atoms with van der Waals surface area (Å²) in [6.45, 7) is 13.4. The summed E-state index contributed by atoms with van der Waals surface area (Å²) in [6.07, 6.45) is 6.20. The highest BCUT2D eigenvalue weighted by molar-refractivity contribution is 6.71. The molecule has 82 valence electrons. The molecular weight excluding hydrogens is 188 g/mol. The van der Waals surface area contributed by atoms with Crippen LogP contribution in [0, 0.1) is 17.8 Å². The first-order chi connectivity index (χ1) is 6.16. The van der Waals surface area contributed by atoms with Crippen LogP contribution in [0.5, 0.6) is 0 Å². The Kier molecular flexibility index (Phi) is 4.90. The summed E-state index contributed by atoms with van der Waals surface area (Å²) in [4.78, 5) is 0. The van der Waals surface area contributed by atoms with Crippen molar-refractivity contribution in [3.8, 4) is 12.3 Å². The molecule has 0 aromatic rings. The van der Waals surface area contributed by atoms with E-state index in [0.717, 1.165) is 6.42 Å². The molecule has 14 heavy (non-hydrogen) atoms. The van der Waals surface area contributed by atoms with E-state index >= 15 is 0 Å². The summed E-state index contributed by atoms with van der Waals surface area (Å²) in [7, 11) is -1.53. The fraction of sp³-hybridized carbons (Fsp3) is 0.833. The van der Waals surface area contributed by atoms with Crippen LogP contribution in [-0.4, -0.2) is 14.4 Å². The molecule has 0 aromatic heterocycles. The molecule has 0 fully saturated rings. The Hall–Kier alpha value is -0.263. The fourth-order valence-corrected chi connectivity index (χ4v) is 5.88. The van der Waals surface area contributed by atoms with Gasteiger partial charge in [0.15, 0.2) is 8.32 Å². The summed E-state index contributed by atoms with van der Waals surface area (Å²) in [5, 5.41) is 0. The molecular formula is C12H24OSi. The zero-order chi connectivity index (χ0) is 11.4. The average Bonchev–Trinajstić information content (AvgIpc) is 1.78. The third-order valence-corrected chi connectivity index (χ3v) is 4.83. The van der Waals surface area contributed by atoms with Crippen LogP contribution in [0.3, 0.4) is 0 Å². The van der Waals surface area contributed by atoms with Gasteiger partial charge in [-0.1, -0.05) is 20.8 Å². The highest BCUT2D eigenvalue weighted by atomic mass is 28.4. The maximum absolute atomic E-state index is 6.05. The van der Waals surface area contributed by atoms with Crippen molar-refractivity contribution in [2.45, 2.75) is 59.4 Å². The van der Waals surface area contributed by atoms with E-state index in [9.17, 15) is 0 Å². The van der Waals surface area contributed by atoms with Crippen LogP contribution in [0.15, 0.2) is 0 Å². The van der Waals surface area contributed by atoms with Gasteiger partial charge in [-0.05, 0) is 31.5 Å². The van der Waals surface area contributed by atoms with Crippen LogP contribution in [-0.2, 0) is 4.43 Å². The number of hydrogen-bond donors (Lipinski definition) is 0. The first-order valence-electron chi connectivity index (χ1n) is 5.27. The van der Waals surface area contributed by atoms with E-state index in [1.165, 1.54) is 6.04 Å². The second-order valence-electron chi connectivity index (χ2n) is 5.83. The molecule has 0 saturated heterocycles. The van der Waals surface area contributed by atoms with Crippen molar-refractivity contribution in [1.82, 2.24) is 0 Å². The van der Waals surface area contributed by atoms with Gasteiger partial charge in [0.05, 0.1) is 6.10 Å². The monoisotopic (exact) mass is 212 g/mol. The normalized spacial score (nSPS) is 14.9. The zero-order valence-corrected chi connectivity index (χ0v) is 11.5. The van der Waals surface area contributed by atoms with Crippen LogP contribution in [0.1, 0.15) is 34.1 Å². The van der Waals surface area contributed by atoms with Crippen molar-refractivity contribution in [2.24, 2.45) is 5.41 Å². The van der Waals surface area contributed by atoms with Crippen LogP contribution >= 0.6 is 0 Å². The van der Waals surface area contributed by atoms with Crippen LogP contribution in [0.25, 0.3) is 0 Å². The van der Waals surface area contributed by atoms with E-state index in [1.807, 2.05) is 0 Å². The summed E-state index contributed by atoms with van der Waals surface area (Å²) < 4.78 is 6.05.